The van der Waals surface area contributed by atoms with Crippen LogP contribution in [0.25, 0.3) is 0 Å². The molecule has 0 spiro atoms. The monoisotopic (exact) mass is 228 g/mol. The number of ether oxygens (including phenoxy) is 1. The Bertz CT molecular complexity index is 231. The minimum absolute atomic E-state index is 0.138. The first-order valence-corrected chi connectivity index (χ1v) is 6.08. The van der Waals surface area contributed by atoms with Gasteiger partial charge in [-0.2, -0.15) is 0 Å². The Hall–Kier alpha value is -0.610. The molecule has 4 heteroatoms. The second kappa shape index (κ2) is 6.21. The Morgan fingerprint density at radius 1 is 1.50 bits per heavy atom. The maximum atomic E-state index is 12.3. The summed E-state index contributed by atoms with van der Waals surface area (Å²) in [6, 6.07) is 0.246. The Morgan fingerprint density at radius 2 is 2.19 bits per heavy atom. The van der Waals surface area contributed by atoms with Crippen molar-refractivity contribution in [2.24, 2.45) is 11.8 Å². The lowest BCUT2D eigenvalue weighted by atomic mass is 9.96. The molecular formula is C12H24N2O2. The molecule has 0 aromatic rings. The van der Waals surface area contributed by atoms with Crippen molar-refractivity contribution in [1.29, 1.82) is 0 Å². The lowest BCUT2D eigenvalue weighted by Crippen LogP contribution is -2.44. The Labute approximate surface area is 98.3 Å². The van der Waals surface area contributed by atoms with E-state index in [-0.39, 0.29) is 17.9 Å². The predicted molar refractivity (Wildman–Crippen MR) is 64.2 cm³/mol. The zero-order valence-electron chi connectivity index (χ0n) is 10.8. The quantitative estimate of drug-likeness (QED) is 0.754. The van der Waals surface area contributed by atoms with Crippen molar-refractivity contribution in [2.75, 3.05) is 33.4 Å². The third-order valence-electron chi connectivity index (χ3n) is 3.28. The first-order chi connectivity index (χ1) is 7.57. The fraction of sp³-hybridized carbons (Fsp3) is 0.917. The van der Waals surface area contributed by atoms with Crippen molar-refractivity contribution >= 4 is 5.91 Å². The molecular weight excluding hydrogens is 204 g/mol. The van der Waals surface area contributed by atoms with Gasteiger partial charge < -0.3 is 15.0 Å². The second-order valence-corrected chi connectivity index (χ2v) is 4.86. The summed E-state index contributed by atoms with van der Waals surface area (Å²) in [6.45, 7) is 9.32. The van der Waals surface area contributed by atoms with Gasteiger partial charge in [-0.15, -0.1) is 0 Å². The highest BCUT2D eigenvalue weighted by Gasteiger charge is 2.33. The molecule has 0 aromatic carbocycles. The van der Waals surface area contributed by atoms with Crippen LogP contribution in [0.5, 0.6) is 0 Å². The molecule has 1 amide bonds. The zero-order chi connectivity index (χ0) is 12.1. The number of methoxy groups -OCH3 is 1. The minimum Gasteiger partial charge on any atom is -0.383 e. The van der Waals surface area contributed by atoms with Crippen LogP contribution >= 0.6 is 0 Å². The van der Waals surface area contributed by atoms with Crippen LogP contribution in [0, 0.1) is 11.8 Å². The standard InChI is InChI=1S/C12H24N2O2/c1-9(2)14(5-6-16-4)12(15)11-8-13-7-10(11)3/h9-11,13H,5-8H2,1-4H3. The van der Waals surface area contributed by atoms with Gasteiger partial charge in [0.05, 0.1) is 12.5 Å². The van der Waals surface area contributed by atoms with Gasteiger partial charge in [-0.3, -0.25) is 4.79 Å². The number of carbonyl (C=O) groups excluding carboxylic acids is 1. The third kappa shape index (κ3) is 3.19. The van der Waals surface area contributed by atoms with E-state index in [1.54, 1.807) is 7.11 Å². The van der Waals surface area contributed by atoms with Crippen LogP contribution in [-0.4, -0.2) is 50.2 Å². The Balaban J connectivity index is 2.59. The van der Waals surface area contributed by atoms with E-state index in [1.807, 2.05) is 4.90 Å². The van der Waals surface area contributed by atoms with Gasteiger partial charge in [0.25, 0.3) is 0 Å². The largest absolute Gasteiger partial charge is 0.383 e. The van der Waals surface area contributed by atoms with E-state index < -0.39 is 0 Å². The highest BCUT2D eigenvalue weighted by molar-refractivity contribution is 5.80. The second-order valence-electron chi connectivity index (χ2n) is 4.86. The lowest BCUT2D eigenvalue weighted by Gasteiger charge is -2.30. The summed E-state index contributed by atoms with van der Waals surface area (Å²) in [5.74, 6) is 0.847. The van der Waals surface area contributed by atoms with Crippen LogP contribution in [0.3, 0.4) is 0 Å². The number of carbonyl (C=O) groups is 1. The molecule has 1 fully saturated rings. The highest BCUT2D eigenvalue weighted by atomic mass is 16.5. The summed E-state index contributed by atoms with van der Waals surface area (Å²) < 4.78 is 5.05. The average Bonchev–Trinajstić information content (AvgIpc) is 2.64. The molecule has 1 aliphatic heterocycles. The molecule has 0 aromatic heterocycles. The van der Waals surface area contributed by atoms with Crippen LogP contribution in [-0.2, 0) is 9.53 Å². The van der Waals surface area contributed by atoms with Crippen LogP contribution < -0.4 is 5.32 Å². The summed E-state index contributed by atoms with van der Waals surface area (Å²) in [5.41, 5.74) is 0. The summed E-state index contributed by atoms with van der Waals surface area (Å²) in [4.78, 5) is 14.3. The molecule has 4 nitrogen and oxygen atoms in total. The SMILES string of the molecule is COCCN(C(=O)C1CNCC1C)C(C)C. The van der Waals surface area contributed by atoms with Gasteiger partial charge in [-0.05, 0) is 26.3 Å². The number of amides is 1. The van der Waals surface area contributed by atoms with E-state index in [4.69, 9.17) is 4.74 Å². The molecule has 0 saturated carbocycles. The average molecular weight is 228 g/mol. The lowest BCUT2D eigenvalue weighted by molar-refractivity contribution is -0.138. The van der Waals surface area contributed by atoms with Crippen LogP contribution in [0.2, 0.25) is 0 Å². The van der Waals surface area contributed by atoms with Gasteiger partial charge in [0.1, 0.15) is 0 Å². The van der Waals surface area contributed by atoms with E-state index in [0.29, 0.717) is 19.1 Å². The summed E-state index contributed by atoms with van der Waals surface area (Å²) >= 11 is 0. The van der Waals surface area contributed by atoms with Gasteiger partial charge in [-0.1, -0.05) is 6.92 Å². The number of nitrogens with one attached hydrogen (secondary N) is 1. The summed E-state index contributed by atoms with van der Waals surface area (Å²) in [5, 5.41) is 3.27. The first-order valence-electron chi connectivity index (χ1n) is 6.08. The first kappa shape index (κ1) is 13.5. The molecule has 1 N–H and O–H groups in total. The van der Waals surface area contributed by atoms with Crippen LogP contribution in [0.4, 0.5) is 0 Å². The van der Waals surface area contributed by atoms with Gasteiger partial charge in [-0.25, -0.2) is 0 Å². The van der Waals surface area contributed by atoms with Crippen LogP contribution in [0.15, 0.2) is 0 Å². The molecule has 1 rings (SSSR count). The number of hydrogen-bond donors (Lipinski definition) is 1. The van der Waals surface area contributed by atoms with Crippen molar-refractivity contribution in [3.8, 4) is 0 Å². The number of nitrogens with zero attached hydrogens (tertiary/aromatic N) is 1. The molecule has 0 bridgehead atoms. The smallest absolute Gasteiger partial charge is 0.227 e. The molecule has 16 heavy (non-hydrogen) atoms. The number of hydrogen-bond acceptors (Lipinski definition) is 3. The van der Waals surface area contributed by atoms with Gasteiger partial charge >= 0.3 is 0 Å². The van der Waals surface area contributed by atoms with Gasteiger partial charge in [0.2, 0.25) is 5.91 Å². The Kier molecular flexibility index (Phi) is 5.22. The van der Waals surface area contributed by atoms with Crippen molar-refractivity contribution < 1.29 is 9.53 Å². The third-order valence-corrected chi connectivity index (χ3v) is 3.28. The predicted octanol–water partition coefficient (Wildman–Crippen LogP) is 0.725. The molecule has 2 atom stereocenters. The maximum Gasteiger partial charge on any atom is 0.227 e. The maximum absolute atomic E-state index is 12.3. The van der Waals surface area contributed by atoms with E-state index >= 15 is 0 Å². The summed E-state index contributed by atoms with van der Waals surface area (Å²) in [7, 11) is 1.67. The van der Waals surface area contributed by atoms with Crippen molar-refractivity contribution in [3.63, 3.8) is 0 Å². The van der Waals surface area contributed by atoms with Gasteiger partial charge in [0, 0.05) is 26.2 Å². The molecule has 0 radical (unpaired) electrons. The Morgan fingerprint density at radius 3 is 2.62 bits per heavy atom. The van der Waals surface area contributed by atoms with Crippen molar-refractivity contribution in [1.82, 2.24) is 10.2 Å². The molecule has 1 saturated heterocycles. The topological polar surface area (TPSA) is 41.6 Å². The van der Waals surface area contributed by atoms with Crippen LogP contribution in [0.1, 0.15) is 20.8 Å². The summed E-state index contributed by atoms with van der Waals surface area (Å²) in [6.07, 6.45) is 0. The van der Waals surface area contributed by atoms with Gasteiger partial charge in [0.15, 0.2) is 0 Å². The van der Waals surface area contributed by atoms with E-state index in [1.165, 1.54) is 0 Å². The highest BCUT2D eigenvalue weighted by Crippen LogP contribution is 2.19. The normalized spacial score (nSPS) is 25.1. The van der Waals surface area contributed by atoms with E-state index in [0.717, 1.165) is 13.1 Å². The van der Waals surface area contributed by atoms with E-state index in [2.05, 4.69) is 26.1 Å². The molecule has 2 unspecified atom stereocenters. The molecule has 94 valence electrons. The fourth-order valence-electron chi connectivity index (χ4n) is 2.17. The molecule has 0 aliphatic carbocycles. The zero-order valence-corrected chi connectivity index (χ0v) is 10.8. The minimum atomic E-state index is 0.138. The molecule has 1 aliphatic rings. The van der Waals surface area contributed by atoms with Crippen molar-refractivity contribution in [2.45, 2.75) is 26.8 Å². The fourth-order valence-corrected chi connectivity index (χ4v) is 2.17. The van der Waals surface area contributed by atoms with E-state index in [9.17, 15) is 4.79 Å². The molecule has 1 heterocycles. The van der Waals surface area contributed by atoms with Crippen molar-refractivity contribution in [3.05, 3.63) is 0 Å². The number of rotatable bonds is 5.